The molecule has 3 nitrogen and oxygen atoms in total. The molecular formula is C11H21NO2. The van der Waals surface area contributed by atoms with Gasteiger partial charge in [0.15, 0.2) is 0 Å². The van der Waals surface area contributed by atoms with Crippen molar-refractivity contribution in [2.75, 3.05) is 26.3 Å². The lowest BCUT2D eigenvalue weighted by atomic mass is 9.99. The minimum absolute atomic E-state index is 0.677. The van der Waals surface area contributed by atoms with Crippen LogP contribution in [0.5, 0.6) is 0 Å². The Kier molecular flexibility index (Phi) is 6.62. The molecule has 1 aliphatic heterocycles. The molecule has 0 unspecified atom stereocenters. The maximum absolute atomic E-state index is 10.0. The summed E-state index contributed by atoms with van der Waals surface area (Å²) in [6.07, 6.45) is 6.13. The number of ether oxygens (including phenoxy) is 1. The molecule has 0 aromatic carbocycles. The molecule has 0 amide bonds. The van der Waals surface area contributed by atoms with Gasteiger partial charge in [0.25, 0.3) is 0 Å². The fourth-order valence-corrected chi connectivity index (χ4v) is 1.73. The molecule has 0 saturated carbocycles. The van der Waals surface area contributed by atoms with E-state index in [-0.39, 0.29) is 0 Å². The van der Waals surface area contributed by atoms with Gasteiger partial charge in [-0.2, -0.15) is 0 Å². The van der Waals surface area contributed by atoms with Crippen molar-refractivity contribution < 1.29 is 9.53 Å². The lowest BCUT2D eigenvalue weighted by Crippen LogP contribution is -2.30. The van der Waals surface area contributed by atoms with Crippen LogP contribution in [0.2, 0.25) is 0 Å². The Morgan fingerprint density at radius 3 is 2.79 bits per heavy atom. The van der Waals surface area contributed by atoms with Crippen molar-refractivity contribution in [2.45, 2.75) is 32.1 Å². The SMILES string of the molecule is O=CCCCCOCC1CCNCC1. The summed E-state index contributed by atoms with van der Waals surface area (Å²) in [6.45, 7) is 4.00. The van der Waals surface area contributed by atoms with E-state index in [1.54, 1.807) is 0 Å². The molecule has 1 aliphatic rings. The van der Waals surface area contributed by atoms with Crippen molar-refractivity contribution in [1.82, 2.24) is 5.32 Å². The number of carbonyl (C=O) groups excluding carboxylic acids is 1. The van der Waals surface area contributed by atoms with E-state index in [1.165, 1.54) is 12.8 Å². The molecule has 0 bridgehead atoms. The van der Waals surface area contributed by atoms with Gasteiger partial charge < -0.3 is 14.8 Å². The van der Waals surface area contributed by atoms with Crippen LogP contribution in [0.15, 0.2) is 0 Å². The maximum atomic E-state index is 10.0. The zero-order valence-corrected chi connectivity index (χ0v) is 8.84. The van der Waals surface area contributed by atoms with Crippen LogP contribution in [0.1, 0.15) is 32.1 Å². The van der Waals surface area contributed by atoms with Crippen molar-refractivity contribution >= 4 is 6.29 Å². The largest absolute Gasteiger partial charge is 0.381 e. The van der Waals surface area contributed by atoms with Crippen molar-refractivity contribution in [1.29, 1.82) is 0 Å². The summed E-state index contributed by atoms with van der Waals surface area (Å²) in [6, 6.07) is 0. The van der Waals surface area contributed by atoms with E-state index in [4.69, 9.17) is 4.74 Å². The van der Waals surface area contributed by atoms with Gasteiger partial charge in [-0.25, -0.2) is 0 Å². The minimum Gasteiger partial charge on any atom is -0.381 e. The monoisotopic (exact) mass is 199 g/mol. The van der Waals surface area contributed by atoms with Gasteiger partial charge in [0.2, 0.25) is 0 Å². The van der Waals surface area contributed by atoms with Crippen LogP contribution in [-0.4, -0.2) is 32.6 Å². The van der Waals surface area contributed by atoms with Crippen molar-refractivity contribution in [3.63, 3.8) is 0 Å². The Morgan fingerprint density at radius 2 is 2.07 bits per heavy atom. The highest BCUT2D eigenvalue weighted by atomic mass is 16.5. The first-order valence-corrected chi connectivity index (χ1v) is 5.65. The molecule has 0 atom stereocenters. The molecule has 0 aliphatic carbocycles. The normalized spacial score (nSPS) is 18.3. The number of hydrogen-bond acceptors (Lipinski definition) is 3. The lowest BCUT2D eigenvalue weighted by Gasteiger charge is -2.22. The van der Waals surface area contributed by atoms with Gasteiger partial charge in [-0.3, -0.25) is 0 Å². The van der Waals surface area contributed by atoms with Crippen LogP contribution in [0.4, 0.5) is 0 Å². The smallest absolute Gasteiger partial charge is 0.119 e. The van der Waals surface area contributed by atoms with Gasteiger partial charge in [-0.15, -0.1) is 0 Å². The zero-order chi connectivity index (χ0) is 10.1. The molecule has 1 N–H and O–H groups in total. The van der Waals surface area contributed by atoms with Crippen LogP contribution in [-0.2, 0) is 9.53 Å². The highest BCUT2D eigenvalue weighted by Gasteiger charge is 2.12. The number of hydrogen-bond donors (Lipinski definition) is 1. The molecule has 1 rings (SSSR count). The fraction of sp³-hybridized carbons (Fsp3) is 0.909. The number of aldehydes is 1. The van der Waals surface area contributed by atoms with E-state index < -0.39 is 0 Å². The summed E-state index contributed by atoms with van der Waals surface area (Å²) in [5.41, 5.74) is 0. The van der Waals surface area contributed by atoms with E-state index in [9.17, 15) is 4.79 Å². The summed E-state index contributed by atoms with van der Waals surface area (Å²) in [5.74, 6) is 0.752. The molecule has 0 spiro atoms. The molecule has 1 fully saturated rings. The minimum atomic E-state index is 0.677. The summed E-state index contributed by atoms with van der Waals surface area (Å²) in [5, 5.41) is 3.34. The maximum Gasteiger partial charge on any atom is 0.119 e. The van der Waals surface area contributed by atoms with E-state index >= 15 is 0 Å². The molecule has 0 aromatic rings. The predicted octanol–water partition coefficient (Wildman–Crippen LogP) is 1.37. The molecule has 14 heavy (non-hydrogen) atoms. The highest BCUT2D eigenvalue weighted by molar-refractivity contribution is 5.48. The van der Waals surface area contributed by atoms with Gasteiger partial charge in [0, 0.05) is 19.6 Å². The van der Waals surface area contributed by atoms with Crippen LogP contribution < -0.4 is 5.32 Å². The number of rotatable bonds is 7. The van der Waals surface area contributed by atoms with E-state index in [1.807, 2.05) is 0 Å². The first kappa shape index (κ1) is 11.7. The number of piperidine rings is 1. The molecule has 3 heteroatoms. The van der Waals surface area contributed by atoms with E-state index in [0.29, 0.717) is 6.42 Å². The molecule has 0 aromatic heterocycles. The number of carbonyl (C=O) groups is 1. The Bertz CT molecular complexity index is 144. The summed E-state index contributed by atoms with van der Waals surface area (Å²) in [4.78, 5) is 10.0. The second-order valence-corrected chi connectivity index (χ2v) is 3.93. The summed E-state index contributed by atoms with van der Waals surface area (Å²) < 4.78 is 5.58. The van der Waals surface area contributed by atoms with Crippen molar-refractivity contribution in [2.24, 2.45) is 5.92 Å². The molecular weight excluding hydrogens is 178 g/mol. The average molecular weight is 199 g/mol. The Balaban J connectivity index is 1.85. The van der Waals surface area contributed by atoms with E-state index in [2.05, 4.69) is 5.32 Å². The summed E-state index contributed by atoms with van der Waals surface area (Å²) in [7, 11) is 0. The zero-order valence-electron chi connectivity index (χ0n) is 8.84. The van der Waals surface area contributed by atoms with Crippen molar-refractivity contribution in [3.05, 3.63) is 0 Å². The Morgan fingerprint density at radius 1 is 1.29 bits per heavy atom. The molecule has 1 heterocycles. The Labute approximate surface area is 86.2 Å². The van der Waals surface area contributed by atoms with Crippen molar-refractivity contribution in [3.8, 4) is 0 Å². The standard InChI is InChI=1S/C11H21NO2/c13-8-2-1-3-9-14-10-11-4-6-12-7-5-11/h8,11-12H,1-7,9-10H2. The van der Waals surface area contributed by atoms with Gasteiger partial charge in [0.1, 0.15) is 6.29 Å². The second-order valence-electron chi connectivity index (χ2n) is 3.93. The van der Waals surface area contributed by atoms with Gasteiger partial charge in [0.05, 0.1) is 0 Å². The second kappa shape index (κ2) is 7.94. The average Bonchev–Trinajstić information content (AvgIpc) is 2.25. The summed E-state index contributed by atoms with van der Waals surface area (Å²) >= 11 is 0. The van der Waals surface area contributed by atoms with Gasteiger partial charge in [-0.1, -0.05) is 0 Å². The third kappa shape index (κ3) is 5.35. The third-order valence-corrected chi connectivity index (χ3v) is 2.67. The molecule has 0 radical (unpaired) electrons. The van der Waals surface area contributed by atoms with Crippen LogP contribution >= 0.6 is 0 Å². The predicted molar refractivity (Wildman–Crippen MR) is 56.3 cm³/mol. The Hall–Kier alpha value is -0.410. The third-order valence-electron chi connectivity index (χ3n) is 2.67. The van der Waals surface area contributed by atoms with Gasteiger partial charge in [-0.05, 0) is 44.7 Å². The topological polar surface area (TPSA) is 38.3 Å². The first-order chi connectivity index (χ1) is 6.93. The lowest BCUT2D eigenvalue weighted by molar-refractivity contribution is -0.108. The van der Waals surface area contributed by atoms with Gasteiger partial charge >= 0.3 is 0 Å². The highest BCUT2D eigenvalue weighted by Crippen LogP contribution is 2.11. The van der Waals surface area contributed by atoms with Crippen LogP contribution in [0.25, 0.3) is 0 Å². The fourth-order valence-electron chi connectivity index (χ4n) is 1.73. The first-order valence-electron chi connectivity index (χ1n) is 5.65. The molecule has 1 saturated heterocycles. The number of unbranched alkanes of at least 4 members (excludes halogenated alkanes) is 2. The number of nitrogens with one attached hydrogen (secondary N) is 1. The van der Waals surface area contributed by atoms with Crippen LogP contribution in [0.3, 0.4) is 0 Å². The van der Waals surface area contributed by atoms with Crippen LogP contribution in [0, 0.1) is 5.92 Å². The quantitative estimate of drug-likeness (QED) is 0.497. The molecule has 82 valence electrons. The van der Waals surface area contributed by atoms with E-state index in [0.717, 1.165) is 51.3 Å².